The summed E-state index contributed by atoms with van der Waals surface area (Å²) in [7, 11) is 1.35. The third kappa shape index (κ3) is 4.85. The number of benzene rings is 2. The van der Waals surface area contributed by atoms with Gasteiger partial charge in [-0.25, -0.2) is 10.1 Å². The van der Waals surface area contributed by atoms with Crippen LogP contribution in [0.5, 0.6) is 5.75 Å². The van der Waals surface area contributed by atoms with Crippen molar-refractivity contribution in [2.24, 2.45) is 0 Å². The van der Waals surface area contributed by atoms with Gasteiger partial charge in [0.25, 0.3) is 5.91 Å². The Morgan fingerprint density at radius 2 is 1.94 bits per heavy atom. The molecule has 0 saturated heterocycles. The van der Waals surface area contributed by atoms with E-state index in [0.717, 1.165) is 16.8 Å². The first-order valence-corrected chi connectivity index (χ1v) is 10.9. The number of methoxy groups -OCH3 is 1. The molecule has 3 heterocycles. The summed E-state index contributed by atoms with van der Waals surface area (Å²) in [5.41, 5.74) is 4.40. The quantitative estimate of drug-likeness (QED) is 0.342. The summed E-state index contributed by atoms with van der Waals surface area (Å²) in [6.07, 6.45) is 5.09. The molecule has 2 aromatic carbocycles. The molecule has 0 saturated carbocycles. The van der Waals surface area contributed by atoms with Crippen LogP contribution in [0.2, 0.25) is 0 Å². The number of fused-ring (bicyclic) bond motifs is 1. The number of quaternary nitrogens is 1. The molecule has 0 atom stereocenters. The Labute approximate surface area is 201 Å². The van der Waals surface area contributed by atoms with E-state index in [9.17, 15) is 9.59 Å². The number of nitrogens with two attached hydrogens (primary N) is 1. The number of hydrogen-bond donors (Lipinski definition) is 1. The number of hydrogen-bond acceptors (Lipinski definition) is 7. The fourth-order valence-corrected chi connectivity index (χ4v) is 3.83. The predicted molar refractivity (Wildman–Crippen MR) is 127 cm³/mol. The summed E-state index contributed by atoms with van der Waals surface area (Å²) in [6, 6.07) is 18.3. The van der Waals surface area contributed by atoms with Gasteiger partial charge in [0.05, 0.1) is 30.6 Å². The van der Waals surface area contributed by atoms with Crippen LogP contribution in [0.25, 0.3) is 11.3 Å². The maximum atomic E-state index is 12.7. The molecule has 174 valence electrons. The first kappa shape index (κ1) is 22.2. The maximum absolute atomic E-state index is 12.7. The smallest absolute Gasteiger partial charge is 0.338 e. The van der Waals surface area contributed by atoms with E-state index in [4.69, 9.17) is 9.47 Å². The Balaban J connectivity index is 1.43. The molecule has 0 aliphatic carbocycles. The number of anilines is 1. The van der Waals surface area contributed by atoms with Crippen LogP contribution >= 0.6 is 0 Å². The van der Waals surface area contributed by atoms with E-state index in [1.54, 1.807) is 47.0 Å². The molecular weight excluding hydrogens is 446 g/mol. The van der Waals surface area contributed by atoms with Crippen LogP contribution in [0.1, 0.15) is 15.9 Å². The van der Waals surface area contributed by atoms with Gasteiger partial charge >= 0.3 is 11.9 Å². The van der Waals surface area contributed by atoms with Crippen molar-refractivity contribution in [3.8, 4) is 17.0 Å². The number of pyridine rings is 1. The second-order valence-electron chi connectivity index (χ2n) is 7.87. The van der Waals surface area contributed by atoms with Crippen LogP contribution in [-0.4, -0.2) is 40.5 Å². The molecule has 35 heavy (non-hydrogen) atoms. The van der Waals surface area contributed by atoms with Crippen LogP contribution in [0, 0.1) is 0 Å². The van der Waals surface area contributed by atoms with Crippen molar-refractivity contribution in [1.29, 1.82) is 0 Å². The van der Waals surface area contributed by atoms with Gasteiger partial charge in [-0.1, -0.05) is 6.07 Å². The van der Waals surface area contributed by atoms with Crippen LogP contribution in [0.15, 0.2) is 79.3 Å². The van der Waals surface area contributed by atoms with E-state index < -0.39 is 5.97 Å². The minimum absolute atomic E-state index is 0.00527. The minimum Gasteiger partial charge on any atom is -0.482 e. The Morgan fingerprint density at radius 1 is 1.09 bits per heavy atom. The van der Waals surface area contributed by atoms with Crippen molar-refractivity contribution >= 4 is 29.2 Å². The third-order valence-electron chi connectivity index (χ3n) is 5.57. The summed E-state index contributed by atoms with van der Waals surface area (Å²) in [4.78, 5) is 39.3. The van der Waals surface area contributed by atoms with Crippen LogP contribution < -0.4 is 15.0 Å². The molecule has 9 heteroatoms. The number of esters is 1. The summed E-state index contributed by atoms with van der Waals surface area (Å²) in [5, 5.41) is 1.79. The fraction of sp³-hybridized carbons (Fsp3) is 0.115. The van der Waals surface area contributed by atoms with Crippen molar-refractivity contribution in [3.05, 3.63) is 90.4 Å². The van der Waals surface area contributed by atoms with Gasteiger partial charge in [0.2, 0.25) is 0 Å². The Hall–Kier alpha value is -4.63. The molecule has 1 aliphatic rings. The van der Waals surface area contributed by atoms with Gasteiger partial charge in [0.1, 0.15) is 11.4 Å². The molecule has 5 rings (SSSR count). The molecule has 1 aliphatic heterocycles. The number of aromatic nitrogens is 3. The number of rotatable bonds is 6. The average molecular weight is 468 g/mol. The van der Waals surface area contributed by atoms with E-state index in [2.05, 4.69) is 15.0 Å². The zero-order chi connectivity index (χ0) is 24.2. The maximum Gasteiger partial charge on any atom is 0.338 e. The molecule has 9 nitrogen and oxygen atoms in total. The monoisotopic (exact) mass is 468 g/mol. The molecule has 0 unspecified atom stereocenters. The van der Waals surface area contributed by atoms with Crippen molar-refractivity contribution < 1.29 is 24.4 Å². The number of carbonyl (C=O) groups is 2. The molecule has 4 aromatic rings. The second kappa shape index (κ2) is 9.70. The summed E-state index contributed by atoms with van der Waals surface area (Å²) >= 11 is 0. The lowest BCUT2D eigenvalue weighted by molar-refractivity contribution is -0.487. The lowest BCUT2D eigenvalue weighted by atomic mass is 10.1. The van der Waals surface area contributed by atoms with E-state index in [1.165, 1.54) is 7.11 Å². The lowest BCUT2D eigenvalue weighted by Crippen LogP contribution is -2.72. The molecule has 0 bridgehead atoms. The summed E-state index contributed by atoms with van der Waals surface area (Å²) < 4.78 is 10.4. The summed E-state index contributed by atoms with van der Waals surface area (Å²) in [5.74, 6) is 0.608. The van der Waals surface area contributed by atoms with E-state index in [1.807, 2.05) is 42.5 Å². The van der Waals surface area contributed by atoms with Crippen LogP contribution in [-0.2, 0) is 16.1 Å². The van der Waals surface area contributed by atoms with Crippen LogP contribution in [0.3, 0.4) is 0 Å². The molecule has 2 aromatic heterocycles. The Morgan fingerprint density at radius 3 is 2.77 bits per heavy atom. The van der Waals surface area contributed by atoms with Gasteiger partial charge in [0, 0.05) is 30.2 Å². The molecule has 2 N–H and O–H groups in total. The highest BCUT2D eigenvalue weighted by atomic mass is 16.5. The van der Waals surface area contributed by atoms with Gasteiger partial charge in [-0.15, -0.1) is 0 Å². The molecule has 0 spiro atoms. The first-order chi connectivity index (χ1) is 17.1. The topological polar surface area (TPSA) is 111 Å². The van der Waals surface area contributed by atoms with Gasteiger partial charge in [0.15, 0.2) is 6.61 Å². The van der Waals surface area contributed by atoms with Crippen molar-refractivity contribution in [2.45, 2.75) is 6.54 Å². The highest BCUT2D eigenvalue weighted by Crippen LogP contribution is 2.36. The Kier molecular flexibility index (Phi) is 6.15. The van der Waals surface area contributed by atoms with Crippen LogP contribution in [0.4, 0.5) is 17.3 Å². The SMILES string of the molecule is COC(=O)c1cccc([NH2+]c2nccc(-c3ccc4c(c3)N(Cc3ccncc3)C(=O)CO4)n2)c1. The minimum atomic E-state index is -0.405. The number of carbonyl (C=O) groups excluding carboxylic acids is 2. The standard InChI is InChI=1S/C26H21N5O4/c1-34-25(33)19-3-2-4-20(13-19)29-26-28-12-9-21(30-26)18-5-6-23-22(14-18)31(24(32)16-35-23)15-17-7-10-27-11-8-17/h2-14H,15-16H2,1H3,(H,28,29,30)/p+1. The number of amides is 1. The highest BCUT2D eigenvalue weighted by Gasteiger charge is 2.26. The third-order valence-corrected chi connectivity index (χ3v) is 5.57. The number of ether oxygens (including phenoxy) is 2. The van der Waals surface area contributed by atoms with Gasteiger partial charge < -0.3 is 14.4 Å². The lowest BCUT2D eigenvalue weighted by Gasteiger charge is -2.29. The predicted octanol–water partition coefficient (Wildman–Crippen LogP) is 2.78. The van der Waals surface area contributed by atoms with Gasteiger partial charge in [-0.2, -0.15) is 9.97 Å². The normalized spacial score (nSPS) is 12.6. The van der Waals surface area contributed by atoms with Crippen molar-refractivity contribution in [2.75, 3.05) is 18.6 Å². The van der Waals surface area contributed by atoms with E-state index in [-0.39, 0.29) is 12.5 Å². The molecule has 0 radical (unpaired) electrons. The van der Waals surface area contributed by atoms with E-state index >= 15 is 0 Å². The van der Waals surface area contributed by atoms with E-state index in [0.29, 0.717) is 35.2 Å². The average Bonchev–Trinajstić information content (AvgIpc) is 2.90. The van der Waals surface area contributed by atoms with Gasteiger partial charge in [-0.05, 0) is 54.1 Å². The Bertz CT molecular complexity index is 1390. The molecule has 1 amide bonds. The fourth-order valence-electron chi connectivity index (χ4n) is 3.83. The second-order valence-corrected chi connectivity index (χ2v) is 7.87. The zero-order valence-electron chi connectivity index (χ0n) is 18.9. The first-order valence-electron chi connectivity index (χ1n) is 10.9. The van der Waals surface area contributed by atoms with Crippen molar-refractivity contribution in [1.82, 2.24) is 15.0 Å². The summed E-state index contributed by atoms with van der Waals surface area (Å²) in [6.45, 7) is 0.412. The molecule has 0 fully saturated rings. The highest BCUT2D eigenvalue weighted by molar-refractivity contribution is 5.98. The van der Waals surface area contributed by atoms with Gasteiger partial charge in [-0.3, -0.25) is 9.78 Å². The largest absolute Gasteiger partial charge is 0.482 e. The number of nitrogens with zero attached hydrogens (tertiary/aromatic N) is 4. The van der Waals surface area contributed by atoms with Crippen molar-refractivity contribution in [3.63, 3.8) is 0 Å². The molecular formula is C26H22N5O4+. The zero-order valence-corrected chi connectivity index (χ0v) is 18.9.